The summed E-state index contributed by atoms with van der Waals surface area (Å²) in [7, 11) is 3.45. The maximum atomic E-state index is 13.4. The summed E-state index contributed by atoms with van der Waals surface area (Å²) in [4.78, 5) is 27.3. The first-order valence-corrected chi connectivity index (χ1v) is 9.76. The van der Waals surface area contributed by atoms with Gasteiger partial charge in [0.1, 0.15) is 12.0 Å². The Morgan fingerprint density at radius 2 is 2.09 bits per heavy atom. The van der Waals surface area contributed by atoms with Gasteiger partial charge in [0.15, 0.2) is 11.6 Å². The summed E-state index contributed by atoms with van der Waals surface area (Å²) in [5, 5.41) is 5.30. The van der Waals surface area contributed by atoms with Crippen molar-refractivity contribution in [1.82, 2.24) is 20.5 Å². The molecule has 2 rings (SSSR count). The van der Waals surface area contributed by atoms with Crippen molar-refractivity contribution in [3.05, 3.63) is 90.4 Å². The van der Waals surface area contributed by atoms with Crippen LogP contribution in [0.3, 0.4) is 0 Å². The Labute approximate surface area is 188 Å². The number of nitrogens with zero attached hydrogens (tertiary/aromatic N) is 2. The Balaban J connectivity index is 0.000000321. The van der Waals surface area contributed by atoms with Crippen LogP contribution in [-0.4, -0.2) is 42.7 Å². The van der Waals surface area contributed by atoms with Gasteiger partial charge in [-0.1, -0.05) is 18.7 Å². The molecule has 1 heterocycles. The molecule has 0 aliphatic heterocycles. The lowest BCUT2D eigenvalue weighted by atomic mass is 10.2. The van der Waals surface area contributed by atoms with Crippen molar-refractivity contribution in [3.63, 3.8) is 0 Å². The molecular weight excluding hydrogens is 411 g/mol. The van der Waals surface area contributed by atoms with Crippen LogP contribution in [0.25, 0.3) is 0 Å². The highest BCUT2D eigenvalue weighted by atomic mass is 19.1. The van der Waals surface area contributed by atoms with Crippen LogP contribution >= 0.6 is 0 Å². The maximum absolute atomic E-state index is 13.4. The zero-order valence-corrected chi connectivity index (χ0v) is 18.8. The molecule has 0 unspecified atom stereocenters. The molecule has 0 saturated heterocycles. The summed E-state index contributed by atoms with van der Waals surface area (Å²) in [6.45, 7) is 7.34. The first-order chi connectivity index (χ1) is 15.2. The van der Waals surface area contributed by atoms with Gasteiger partial charge in [0.05, 0.1) is 18.6 Å². The lowest BCUT2D eigenvalue weighted by Crippen LogP contribution is -2.35. The van der Waals surface area contributed by atoms with E-state index in [1.54, 1.807) is 80.9 Å². The minimum Gasteiger partial charge on any atom is -0.453 e. The maximum Gasteiger partial charge on any atom is 0.244 e. The number of carbonyl (C=O) groups is 2. The Hall–Kier alpha value is -3.94. The third kappa shape index (κ3) is 10.7. The molecule has 2 aromatic rings. The second-order valence-electron chi connectivity index (χ2n) is 6.79. The van der Waals surface area contributed by atoms with Crippen LogP contribution in [0.4, 0.5) is 4.39 Å². The molecule has 1 aromatic carbocycles. The monoisotopic (exact) mass is 440 g/mol. The van der Waals surface area contributed by atoms with Crippen LogP contribution in [0.15, 0.2) is 79.1 Å². The van der Waals surface area contributed by atoms with Gasteiger partial charge in [-0.3, -0.25) is 14.6 Å². The van der Waals surface area contributed by atoms with E-state index in [1.165, 1.54) is 6.07 Å². The third-order valence-corrected chi connectivity index (χ3v) is 3.82. The molecule has 1 aromatic heterocycles. The molecule has 0 aliphatic carbocycles. The standard InChI is InChI=1S/C12H10FNO.C12H19N3O2/c1-9-4-5-12(11(13)7-9)15-10-3-2-6-14-8-10;1-10(9-16)6-5-7-15(4)8-12(17)14-11(2)13-3/h2-8H,1H3;5-7,9,13H,2,8H2,1,3-4H3,(H,14,17)/b;7-5-,10-6-. The predicted octanol–water partition coefficient (Wildman–Crippen LogP) is 3.71. The number of halogens is 1. The molecule has 0 aliphatic rings. The van der Waals surface area contributed by atoms with E-state index in [-0.39, 0.29) is 24.0 Å². The molecule has 32 heavy (non-hydrogen) atoms. The van der Waals surface area contributed by atoms with E-state index in [2.05, 4.69) is 22.2 Å². The number of pyridine rings is 1. The number of carbonyl (C=O) groups excluding carboxylic acids is 2. The SMILES string of the molecule is C=C(NC)NC(=O)CN(C)/C=C\C=C(\C)C=O.Cc1ccc(Oc2cccnc2)c(F)c1. The Morgan fingerprint density at radius 1 is 1.34 bits per heavy atom. The fraction of sp³-hybridized carbons (Fsp3) is 0.208. The van der Waals surface area contributed by atoms with Gasteiger partial charge in [0.2, 0.25) is 5.91 Å². The van der Waals surface area contributed by atoms with Crippen LogP contribution in [0, 0.1) is 12.7 Å². The number of ether oxygens (including phenoxy) is 1. The van der Waals surface area contributed by atoms with Gasteiger partial charge < -0.3 is 20.3 Å². The minimum absolute atomic E-state index is 0.160. The first kappa shape index (κ1) is 26.1. The number of amides is 1. The van der Waals surface area contributed by atoms with E-state index in [4.69, 9.17) is 4.74 Å². The van der Waals surface area contributed by atoms with E-state index in [1.807, 2.05) is 6.92 Å². The lowest BCUT2D eigenvalue weighted by Gasteiger charge is -2.14. The average molecular weight is 441 g/mol. The number of rotatable bonds is 9. The lowest BCUT2D eigenvalue weighted by molar-refractivity contribution is -0.120. The van der Waals surface area contributed by atoms with Gasteiger partial charge in [-0.2, -0.15) is 0 Å². The van der Waals surface area contributed by atoms with Crippen LogP contribution in [0.5, 0.6) is 11.5 Å². The van der Waals surface area contributed by atoms with Gasteiger partial charge in [-0.25, -0.2) is 4.39 Å². The first-order valence-electron chi connectivity index (χ1n) is 9.76. The Morgan fingerprint density at radius 3 is 2.69 bits per heavy atom. The number of aromatic nitrogens is 1. The number of aryl methyl sites for hydroxylation is 1. The predicted molar refractivity (Wildman–Crippen MR) is 123 cm³/mol. The zero-order valence-electron chi connectivity index (χ0n) is 18.8. The number of allylic oxidation sites excluding steroid dienone is 3. The van der Waals surface area contributed by atoms with Gasteiger partial charge in [-0.05, 0) is 61.5 Å². The summed E-state index contributed by atoms with van der Waals surface area (Å²) in [5.41, 5.74) is 1.49. The fourth-order valence-electron chi connectivity index (χ4n) is 2.15. The zero-order chi connectivity index (χ0) is 23.9. The largest absolute Gasteiger partial charge is 0.453 e. The molecule has 0 spiro atoms. The van der Waals surface area contributed by atoms with Crippen molar-refractivity contribution in [3.8, 4) is 11.5 Å². The average Bonchev–Trinajstić information content (AvgIpc) is 2.76. The van der Waals surface area contributed by atoms with Crippen molar-refractivity contribution in [1.29, 1.82) is 0 Å². The summed E-state index contributed by atoms with van der Waals surface area (Å²) < 4.78 is 18.7. The van der Waals surface area contributed by atoms with Crippen LogP contribution in [0.2, 0.25) is 0 Å². The fourth-order valence-corrected chi connectivity index (χ4v) is 2.15. The Bertz CT molecular complexity index is 959. The van der Waals surface area contributed by atoms with E-state index in [0.29, 0.717) is 17.1 Å². The number of hydrogen-bond donors (Lipinski definition) is 2. The van der Waals surface area contributed by atoms with Crippen molar-refractivity contribution < 1.29 is 18.7 Å². The number of nitrogens with one attached hydrogen (secondary N) is 2. The minimum atomic E-state index is -0.362. The number of hydrogen-bond acceptors (Lipinski definition) is 6. The number of likely N-dealkylation sites (N-methyl/N-ethyl adjacent to an activating group) is 1. The van der Waals surface area contributed by atoms with Crippen molar-refractivity contribution in [2.45, 2.75) is 13.8 Å². The molecule has 0 atom stereocenters. The molecule has 7 nitrogen and oxygen atoms in total. The van der Waals surface area contributed by atoms with Crippen molar-refractivity contribution in [2.75, 3.05) is 20.6 Å². The van der Waals surface area contributed by atoms with Gasteiger partial charge in [0.25, 0.3) is 0 Å². The van der Waals surface area contributed by atoms with Crippen LogP contribution in [0.1, 0.15) is 12.5 Å². The quantitative estimate of drug-likeness (QED) is 0.351. The molecule has 0 radical (unpaired) electrons. The van der Waals surface area contributed by atoms with Crippen LogP contribution in [-0.2, 0) is 9.59 Å². The van der Waals surface area contributed by atoms with E-state index >= 15 is 0 Å². The smallest absolute Gasteiger partial charge is 0.244 e. The molecule has 0 fully saturated rings. The number of benzene rings is 1. The molecule has 2 N–H and O–H groups in total. The summed E-state index contributed by atoms with van der Waals surface area (Å²) in [6, 6.07) is 8.31. The normalized spacial score (nSPS) is 10.6. The molecule has 0 saturated carbocycles. The third-order valence-electron chi connectivity index (χ3n) is 3.82. The second kappa shape index (κ2) is 14.1. The molecule has 8 heteroatoms. The topological polar surface area (TPSA) is 83.6 Å². The number of aldehydes is 1. The molecular formula is C24H29FN4O3. The summed E-state index contributed by atoms with van der Waals surface area (Å²) in [5.74, 6) is 0.685. The highest BCUT2D eigenvalue weighted by Crippen LogP contribution is 2.23. The van der Waals surface area contributed by atoms with E-state index in [0.717, 1.165) is 11.8 Å². The van der Waals surface area contributed by atoms with Crippen molar-refractivity contribution >= 4 is 12.2 Å². The van der Waals surface area contributed by atoms with Gasteiger partial charge in [-0.15, -0.1) is 0 Å². The molecule has 170 valence electrons. The van der Waals surface area contributed by atoms with E-state index in [9.17, 15) is 14.0 Å². The molecule has 0 bridgehead atoms. The van der Waals surface area contributed by atoms with Gasteiger partial charge >= 0.3 is 0 Å². The summed E-state index contributed by atoms with van der Waals surface area (Å²) >= 11 is 0. The van der Waals surface area contributed by atoms with Crippen LogP contribution < -0.4 is 15.4 Å². The van der Waals surface area contributed by atoms with Gasteiger partial charge in [0, 0.05) is 20.3 Å². The Kier molecular flexibility index (Phi) is 11.5. The highest BCUT2D eigenvalue weighted by Gasteiger charge is 2.04. The molecule has 1 amide bonds. The van der Waals surface area contributed by atoms with E-state index < -0.39 is 0 Å². The highest BCUT2D eigenvalue weighted by molar-refractivity contribution is 5.79. The van der Waals surface area contributed by atoms with Crippen molar-refractivity contribution in [2.24, 2.45) is 0 Å². The summed E-state index contributed by atoms with van der Waals surface area (Å²) in [6.07, 6.45) is 9.05. The second-order valence-corrected chi connectivity index (χ2v) is 6.79.